The van der Waals surface area contributed by atoms with Crippen molar-refractivity contribution in [2.45, 2.75) is 25.7 Å². The van der Waals surface area contributed by atoms with Crippen LogP contribution in [0.25, 0.3) is 0 Å². The highest BCUT2D eigenvalue weighted by molar-refractivity contribution is 5.65. The van der Waals surface area contributed by atoms with E-state index in [0.29, 0.717) is 23.2 Å². The van der Waals surface area contributed by atoms with Gasteiger partial charge in [0.1, 0.15) is 17.5 Å². The van der Waals surface area contributed by atoms with Gasteiger partial charge in [0.2, 0.25) is 0 Å². The second-order valence-corrected chi connectivity index (χ2v) is 5.19. The minimum absolute atomic E-state index is 0.182. The third-order valence-electron chi connectivity index (χ3n) is 3.56. The quantitative estimate of drug-likeness (QED) is 0.904. The lowest BCUT2D eigenvalue weighted by atomic mass is 10.2. The van der Waals surface area contributed by atoms with E-state index in [-0.39, 0.29) is 5.75 Å². The van der Waals surface area contributed by atoms with E-state index in [4.69, 9.17) is 10.5 Å². The Labute approximate surface area is 122 Å². The van der Waals surface area contributed by atoms with E-state index in [1.165, 1.54) is 13.2 Å². The van der Waals surface area contributed by atoms with Gasteiger partial charge in [0.15, 0.2) is 11.6 Å². The summed E-state index contributed by atoms with van der Waals surface area (Å²) in [7, 11) is 1.43. The largest absolute Gasteiger partial charge is 0.494 e. The van der Waals surface area contributed by atoms with Crippen LogP contribution in [-0.2, 0) is 0 Å². The second-order valence-electron chi connectivity index (χ2n) is 5.19. The summed E-state index contributed by atoms with van der Waals surface area (Å²) in [5, 5.41) is 3.16. The number of nitrogen functional groups attached to an aromatic ring is 1. The lowest BCUT2D eigenvalue weighted by Crippen LogP contribution is -2.06. The van der Waals surface area contributed by atoms with E-state index in [2.05, 4.69) is 15.3 Å². The number of aromatic nitrogens is 2. The molecule has 3 rings (SSSR count). The predicted molar refractivity (Wildman–Crippen MR) is 79.4 cm³/mol. The van der Waals surface area contributed by atoms with Gasteiger partial charge < -0.3 is 15.8 Å². The highest BCUT2D eigenvalue weighted by Crippen LogP contribution is 2.39. The number of ether oxygens (including phenoxy) is 1. The molecule has 0 atom stereocenters. The molecule has 1 saturated carbocycles. The molecule has 6 heteroatoms. The molecule has 1 aromatic carbocycles. The minimum Gasteiger partial charge on any atom is -0.494 e. The summed E-state index contributed by atoms with van der Waals surface area (Å²) in [6, 6.07) is 4.57. The van der Waals surface area contributed by atoms with Gasteiger partial charge in [-0.1, -0.05) is 0 Å². The van der Waals surface area contributed by atoms with Crippen LogP contribution in [0.4, 0.5) is 21.7 Å². The number of benzene rings is 1. The number of halogens is 1. The number of hydrogen-bond acceptors (Lipinski definition) is 5. The number of nitrogens with zero attached hydrogens (tertiary/aromatic N) is 2. The first-order valence-corrected chi connectivity index (χ1v) is 6.83. The molecule has 0 amide bonds. The number of nitrogens with two attached hydrogens (primary N) is 1. The van der Waals surface area contributed by atoms with E-state index >= 15 is 0 Å². The fraction of sp³-hybridized carbons (Fsp3) is 0.333. The minimum atomic E-state index is -0.402. The molecule has 0 saturated heterocycles. The zero-order chi connectivity index (χ0) is 15.0. The van der Waals surface area contributed by atoms with Crippen molar-refractivity contribution in [1.82, 2.24) is 9.97 Å². The highest BCUT2D eigenvalue weighted by Gasteiger charge is 2.28. The molecule has 0 aliphatic heterocycles. The Kier molecular flexibility index (Phi) is 3.37. The van der Waals surface area contributed by atoms with Crippen molar-refractivity contribution in [3.05, 3.63) is 35.4 Å². The van der Waals surface area contributed by atoms with Crippen LogP contribution in [0.3, 0.4) is 0 Å². The monoisotopic (exact) mass is 288 g/mol. The SMILES string of the molecule is COc1cc(Nc2nc(C3CC3)nc(N)c2C)ccc1F. The maximum atomic E-state index is 13.4. The fourth-order valence-electron chi connectivity index (χ4n) is 2.07. The zero-order valence-electron chi connectivity index (χ0n) is 12.0. The lowest BCUT2D eigenvalue weighted by Gasteiger charge is -2.13. The number of hydrogen-bond donors (Lipinski definition) is 2. The molecule has 0 radical (unpaired) electrons. The Bertz CT molecular complexity index is 686. The van der Waals surface area contributed by atoms with Crippen molar-refractivity contribution in [1.29, 1.82) is 0 Å². The van der Waals surface area contributed by atoms with Crippen molar-refractivity contribution in [3.63, 3.8) is 0 Å². The maximum absolute atomic E-state index is 13.4. The molecule has 1 aliphatic rings. The highest BCUT2D eigenvalue weighted by atomic mass is 19.1. The number of rotatable bonds is 4. The van der Waals surface area contributed by atoms with Crippen molar-refractivity contribution in [2.24, 2.45) is 0 Å². The molecule has 0 unspecified atom stereocenters. The molecule has 2 aromatic rings. The molecular formula is C15H17FN4O. The van der Waals surface area contributed by atoms with Crippen molar-refractivity contribution < 1.29 is 9.13 Å². The van der Waals surface area contributed by atoms with E-state index in [0.717, 1.165) is 24.2 Å². The molecule has 0 spiro atoms. The molecule has 21 heavy (non-hydrogen) atoms. The summed E-state index contributed by atoms with van der Waals surface area (Å²) >= 11 is 0. The lowest BCUT2D eigenvalue weighted by molar-refractivity contribution is 0.387. The van der Waals surface area contributed by atoms with Gasteiger partial charge in [-0.15, -0.1) is 0 Å². The standard InChI is InChI=1S/C15H17FN4O/c1-8-13(17)19-15(9-3-4-9)20-14(8)18-10-5-6-11(16)12(7-10)21-2/h5-7,9H,3-4H2,1-2H3,(H3,17,18,19,20). The van der Waals surface area contributed by atoms with Crippen LogP contribution < -0.4 is 15.8 Å². The van der Waals surface area contributed by atoms with Crippen LogP contribution in [-0.4, -0.2) is 17.1 Å². The van der Waals surface area contributed by atoms with E-state index in [1.807, 2.05) is 6.92 Å². The fourth-order valence-corrected chi connectivity index (χ4v) is 2.07. The Balaban J connectivity index is 1.93. The topological polar surface area (TPSA) is 73.1 Å². The van der Waals surface area contributed by atoms with Gasteiger partial charge in [-0.2, -0.15) is 0 Å². The van der Waals surface area contributed by atoms with Crippen molar-refractivity contribution in [2.75, 3.05) is 18.2 Å². The Morgan fingerprint density at radius 1 is 1.33 bits per heavy atom. The average molecular weight is 288 g/mol. The van der Waals surface area contributed by atoms with Crippen LogP contribution in [0.5, 0.6) is 5.75 Å². The summed E-state index contributed by atoms with van der Waals surface area (Å²) in [4.78, 5) is 8.86. The van der Waals surface area contributed by atoms with Gasteiger partial charge in [-0.25, -0.2) is 14.4 Å². The summed E-state index contributed by atoms with van der Waals surface area (Å²) in [5.41, 5.74) is 7.42. The summed E-state index contributed by atoms with van der Waals surface area (Å²) in [6.07, 6.45) is 2.21. The molecule has 1 aromatic heterocycles. The van der Waals surface area contributed by atoms with Gasteiger partial charge in [-0.05, 0) is 31.9 Å². The molecule has 1 heterocycles. The smallest absolute Gasteiger partial charge is 0.165 e. The molecule has 110 valence electrons. The third-order valence-corrected chi connectivity index (χ3v) is 3.56. The summed E-state index contributed by atoms with van der Waals surface area (Å²) < 4.78 is 18.4. The Hall–Kier alpha value is -2.37. The summed E-state index contributed by atoms with van der Waals surface area (Å²) in [5.74, 6) is 2.09. The van der Waals surface area contributed by atoms with Crippen LogP contribution in [0.15, 0.2) is 18.2 Å². The first kappa shape index (κ1) is 13.6. The van der Waals surface area contributed by atoms with E-state index in [1.54, 1.807) is 12.1 Å². The van der Waals surface area contributed by atoms with Crippen molar-refractivity contribution in [3.8, 4) is 5.75 Å². The summed E-state index contributed by atoms with van der Waals surface area (Å²) in [6.45, 7) is 1.86. The molecule has 5 nitrogen and oxygen atoms in total. The zero-order valence-corrected chi connectivity index (χ0v) is 12.0. The molecule has 1 aliphatic carbocycles. The normalized spacial score (nSPS) is 14.0. The maximum Gasteiger partial charge on any atom is 0.165 e. The molecular weight excluding hydrogens is 271 g/mol. The van der Waals surface area contributed by atoms with Crippen molar-refractivity contribution >= 4 is 17.3 Å². The molecule has 0 bridgehead atoms. The second kappa shape index (κ2) is 5.20. The van der Waals surface area contributed by atoms with Gasteiger partial charge in [0.25, 0.3) is 0 Å². The molecule has 3 N–H and O–H groups in total. The van der Waals surface area contributed by atoms with Crippen LogP contribution in [0.2, 0.25) is 0 Å². The van der Waals surface area contributed by atoms with E-state index < -0.39 is 5.82 Å². The van der Waals surface area contributed by atoms with Crippen LogP contribution in [0.1, 0.15) is 30.1 Å². The van der Waals surface area contributed by atoms with Gasteiger partial charge >= 0.3 is 0 Å². The average Bonchev–Trinajstić information content (AvgIpc) is 3.30. The third kappa shape index (κ3) is 2.74. The Morgan fingerprint density at radius 2 is 2.10 bits per heavy atom. The van der Waals surface area contributed by atoms with Crippen LogP contribution >= 0.6 is 0 Å². The number of anilines is 3. The predicted octanol–water partition coefficient (Wildman–Crippen LogP) is 3.14. The van der Waals surface area contributed by atoms with Gasteiger partial charge in [-0.3, -0.25) is 0 Å². The first-order chi connectivity index (χ1) is 10.1. The molecule has 1 fully saturated rings. The van der Waals surface area contributed by atoms with E-state index in [9.17, 15) is 4.39 Å². The number of methoxy groups -OCH3 is 1. The van der Waals surface area contributed by atoms with Gasteiger partial charge in [0.05, 0.1) is 7.11 Å². The Morgan fingerprint density at radius 3 is 2.76 bits per heavy atom. The van der Waals surface area contributed by atoms with Gasteiger partial charge in [0, 0.05) is 23.2 Å². The number of nitrogens with one attached hydrogen (secondary N) is 1. The first-order valence-electron chi connectivity index (χ1n) is 6.83. The van der Waals surface area contributed by atoms with Crippen LogP contribution in [0, 0.1) is 12.7 Å².